The number of aliphatic hydroxyl groups is 8. The van der Waals surface area contributed by atoms with E-state index < -0.39 is 57.6 Å². The van der Waals surface area contributed by atoms with E-state index in [0.29, 0.717) is 69.9 Å². The molecule has 9 unspecified atom stereocenters. The first-order valence-electron chi connectivity index (χ1n) is 34.3. The first kappa shape index (κ1) is 82.5. The molecule has 1 aromatic rings. The van der Waals surface area contributed by atoms with Gasteiger partial charge < -0.3 is 102 Å². The minimum Gasteiger partial charge on any atom is -0.503 e. The lowest BCUT2D eigenvalue weighted by molar-refractivity contribution is -0.147. The predicted molar refractivity (Wildman–Crippen MR) is 359 cm³/mol. The molecule has 0 aromatic heterocycles. The fraction of sp³-hybridized carbons (Fsp3) is 0.754. The highest BCUT2D eigenvalue weighted by Gasteiger charge is 2.39. The molecular weight excluding hydrogens is 1300 g/mol. The van der Waals surface area contributed by atoms with Gasteiger partial charge in [-0.2, -0.15) is 8.42 Å². The van der Waals surface area contributed by atoms with Crippen LogP contribution < -0.4 is 27.0 Å². The number of fused-ring (bicyclic) bond motifs is 6. The van der Waals surface area contributed by atoms with E-state index in [0.717, 1.165) is 89.5 Å². The molecular formula is C65H109N13O19S. The summed E-state index contributed by atoms with van der Waals surface area (Å²) < 4.78 is 38.5. The number of piperidine rings is 6. The lowest BCUT2D eigenvalue weighted by Gasteiger charge is -2.33. The Balaban J connectivity index is 0.000000203. The zero-order valence-corrected chi connectivity index (χ0v) is 58.3. The van der Waals surface area contributed by atoms with Crippen molar-refractivity contribution in [2.24, 2.45) is 46.4 Å². The molecule has 12 heterocycles. The van der Waals surface area contributed by atoms with Crippen LogP contribution in [0.15, 0.2) is 56.9 Å². The van der Waals surface area contributed by atoms with E-state index in [-0.39, 0.29) is 96.9 Å². The predicted octanol–water partition coefficient (Wildman–Crippen LogP) is -1.23. The van der Waals surface area contributed by atoms with Crippen LogP contribution in [0.1, 0.15) is 83.6 Å². The Morgan fingerprint density at radius 3 is 1.58 bits per heavy atom. The molecule has 12 aliphatic rings. The molecule has 0 radical (unpaired) electrons. The number of likely N-dealkylation sites (tertiary alicyclic amines) is 2. The molecule has 0 spiro atoms. The number of nitrogens with one attached hydrogen (secondary N) is 4. The molecule has 32 nitrogen and oxygen atoms in total. The summed E-state index contributed by atoms with van der Waals surface area (Å²) in [5.74, 6) is -1.76. The second kappa shape index (κ2) is 42.2. The smallest absolute Gasteiger partial charge is 0.338 e. The summed E-state index contributed by atoms with van der Waals surface area (Å²) in [5.41, 5.74) is 15.1. The molecule has 13 rings (SSSR count). The number of hydrogen-bond donors (Lipinski definition) is 13. The van der Waals surface area contributed by atoms with Crippen LogP contribution in [0.2, 0.25) is 0 Å². The van der Waals surface area contributed by atoms with Gasteiger partial charge in [0, 0.05) is 153 Å². The zero-order chi connectivity index (χ0) is 72.1. The van der Waals surface area contributed by atoms with Crippen molar-refractivity contribution in [1.82, 2.24) is 45.8 Å². The van der Waals surface area contributed by atoms with Gasteiger partial charge in [-0.15, -0.1) is 0 Å². The molecule has 1 aromatic carbocycles. The van der Waals surface area contributed by atoms with Gasteiger partial charge in [-0.05, 0) is 135 Å². The molecule has 0 saturated carbocycles. The maximum absolute atomic E-state index is 12.0. The number of azide groups is 1. The Morgan fingerprint density at radius 2 is 1.19 bits per heavy atom. The van der Waals surface area contributed by atoms with Gasteiger partial charge in [0.25, 0.3) is 27.8 Å². The van der Waals surface area contributed by atoms with Crippen LogP contribution in [0, 0.1) is 42.4 Å². The highest BCUT2D eigenvalue weighted by Crippen LogP contribution is 2.31. The molecule has 98 heavy (non-hydrogen) atoms. The fourth-order valence-electron chi connectivity index (χ4n) is 12.9. The van der Waals surface area contributed by atoms with Gasteiger partial charge in [-0.3, -0.25) is 23.4 Å². The molecule has 554 valence electrons. The number of nitrogens with two attached hydrogens (primary N) is 1. The number of benzene rings is 1. The number of carbonyl (C=O) groups excluding carboxylic acids is 6. The van der Waals surface area contributed by atoms with Crippen LogP contribution in [0.25, 0.3) is 10.4 Å². The molecule has 4 amide bonds. The highest BCUT2D eigenvalue weighted by atomic mass is 32.2. The average molecular weight is 1410 g/mol. The van der Waals surface area contributed by atoms with E-state index in [1.54, 1.807) is 33.0 Å². The van der Waals surface area contributed by atoms with Crippen molar-refractivity contribution in [2.75, 3.05) is 158 Å². The van der Waals surface area contributed by atoms with Crippen LogP contribution >= 0.6 is 0 Å². The second-order valence-corrected chi connectivity index (χ2v) is 28.0. The number of β-amino-alcohol motifs (C(OH)–C–C–N with tert-alkyl or cyclic N) is 2. The SMILES string of the molecule is CCOC(=O)C1=C(O)C(=O)NCC1.CCOC(=O)C1=C(O)C(=O)NCC1.CN1CC[C@H](CO)[C@H](O)C1=O.Cc1ccc(S(=O)(=O)OC[C@H]2CCN(C)C[C@H]2O)cc1.NC1CN2CCC1C2.O=C1CCCN1.OC1CN2CCC1C2.OC[C@H]1CCNC[C@H]1O.[N-]=[N+]=NC1CN2CCC1C2. The van der Waals surface area contributed by atoms with Crippen molar-refractivity contribution in [2.45, 2.75) is 126 Å². The van der Waals surface area contributed by atoms with Crippen molar-refractivity contribution in [3.63, 3.8) is 0 Å². The Hall–Kier alpha value is -6.14. The van der Waals surface area contributed by atoms with Crippen LogP contribution in [0.3, 0.4) is 0 Å². The Labute approximate surface area is 575 Å². The third-order valence-electron chi connectivity index (χ3n) is 19.1. The first-order chi connectivity index (χ1) is 46.7. The summed E-state index contributed by atoms with van der Waals surface area (Å²) in [6.45, 7) is 21.3. The van der Waals surface area contributed by atoms with Crippen LogP contribution in [-0.4, -0.2) is 304 Å². The minimum absolute atomic E-state index is 0.00347. The van der Waals surface area contributed by atoms with Gasteiger partial charge in [0.15, 0.2) is 11.5 Å². The molecule has 15 atom stereocenters. The van der Waals surface area contributed by atoms with E-state index in [1.165, 1.54) is 62.5 Å². The van der Waals surface area contributed by atoms with Gasteiger partial charge in [0.1, 0.15) is 6.10 Å². The van der Waals surface area contributed by atoms with Gasteiger partial charge >= 0.3 is 11.9 Å². The molecule has 0 aliphatic carbocycles. The molecule has 10 fully saturated rings. The summed E-state index contributed by atoms with van der Waals surface area (Å²) in [4.78, 5) is 78.9. The number of aliphatic hydroxyl groups excluding tert-OH is 8. The van der Waals surface area contributed by atoms with E-state index in [1.807, 2.05) is 18.9 Å². The average Bonchev–Trinajstić information content (AvgIpc) is 1.75. The normalized spacial score (nSPS) is 30.9. The number of hydrogen-bond acceptors (Lipinski definition) is 26. The van der Waals surface area contributed by atoms with E-state index in [4.69, 9.17) is 30.8 Å². The maximum atomic E-state index is 12.0. The van der Waals surface area contributed by atoms with Crippen molar-refractivity contribution in [1.29, 1.82) is 0 Å². The summed E-state index contributed by atoms with van der Waals surface area (Å²) in [5, 5.41) is 87.6. The van der Waals surface area contributed by atoms with Gasteiger partial charge in [0.2, 0.25) is 5.91 Å². The second-order valence-electron chi connectivity index (χ2n) is 26.4. The third kappa shape index (κ3) is 26.4. The zero-order valence-electron chi connectivity index (χ0n) is 57.5. The summed E-state index contributed by atoms with van der Waals surface area (Å²) in [6.07, 6.45) is 6.62. The van der Waals surface area contributed by atoms with E-state index in [2.05, 4.69) is 55.5 Å². The van der Waals surface area contributed by atoms with Crippen LogP contribution in [0.5, 0.6) is 0 Å². The summed E-state index contributed by atoms with van der Waals surface area (Å²) in [6, 6.07) is 7.33. The Bertz CT molecular complexity index is 2850. The number of amides is 4. The number of ether oxygens (including phenoxy) is 2. The number of aryl methyl sites for hydroxylation is 1. The largest absolute Gasteiger partial charge is 0.503 e. The first-order valence-corrected chi connectivity index (χ1v) is 35.7. The maximum Gasteiger partial charge on any atom is 0.338 e. The highest BCUT2D eigenvalue weighted by molar-refractivity contribution is 7.86. The molecule has 33 heteroatoms. The van der Waals surface area contributed by atoms with Crippen molar-refractivity contribution < 1.29 is 91.7 Å². The number of esters is 2. The topological polar surface area (TPSA) is 465 Å². The molecule has 10 saturated heterocycles. The summed E-state index contributed by atoms with van der Waals surface area (Å²) in [7, 11) is -0.152. The molecule has 6 bridgehead atoms. The molecule has 14 N–H and O–H groups in total. The minimum atomic E-state index is -3.74. The standard InChI is InChI=1S/C14H21NO4S.2C8H11NO4.C7H13NO3.C6H10N4.C6H12N2.C6H13NO2.C6H11NO.C4H7NO/c1-11-3-5-13(6-4-11)20(17,18)19-10-12-7-8-15(2)9-14(12)16;2*1-2-13-8(12)5-3-4-9-7(11)6(5)10;1-8-3-2-5(4-9)6(10)7(8)11;7-9-8-6-4-10-2-1-5(6)3-10;7-6-4-8-2-1-5(6)3-8;8-4-5-1-2-7-3-6(5)9;8-6-4-7-2-1-5(6)3-7;6-4-2-1-3-5-4/h3-6,12,14,16H,7-10H2,1-2H3;2*10H,2-4H2,1H3,(H,9,11);5-6,9-10H,2-4H2,1H3;5-6H,1-4H2;5-6H,1-4,7H2;5-9H,1-4H2;5-6,8H,1-4H2;1-3H2,(H,5,6)/t12-,14-;;;5-,6+;;;5-,6-;;/m1..1..1../s1. The number of rotatable bonds is 11. The number of carbonyl (C=O) groups is 6. The van der Waals surface area contributed by atoms with Crippen LogP contribution in [0.4, 0.5) is 0 Å². The third-order valence-corrected chi connectivity index (χ3v) is 20.4. The van der Waals surface area contributed by atoms with Crippen LogP contribution in [-0.2, 0) is 52.5 Å². The summed E-state index contributed by atoms with van der Waals surface area (Å²) >= 11 is 0. The number of nitrogens with zero attached hydrogens (tertiary/aromatic N) is 8. The fourth-order valence-corrected chi connectivity index (χ4v) is 13.8. The van der Waals surface area contributed by atoms with Crippen molar-refractivity contribution in [3.05, 3.63) is 62.9 Å². The quantitative estimate of drug-likeness (QED) is 0.0406. The van der Waals surface area contributed by atoms with Crippen molar-refractivity contribution in [3.8, 4) is 0 Å². The van der Waals surface area contributed by atoms with Crippen molar-refractivity contribution >= 4 is 45.7 Å². The monoisotopic (exact) mass is 1410 g/mol. The Morgan fingerprint density at radius 1 is 0.643 bits per heavy atom. The molecule has 12 aliphatic heterocycles. The van der Waals surface area contributed by atoms with E-state index in [9.17, 15) is 62.7 Å². The van der Waals surface area contributed by atoms with Gasteiger partial charge in [-0.25, -0.2) is 9.59 Å². The van der Waals surface area contributed by atoms with E-state index >= 15 is 0 Å². The van der Waals surface area contributed by atoms with Gasteiger partial charge in [-0.1, -0.05) is 22.8 Å². The Kier molecular flexibility index (Phi) is 35.5. The lowest BCUT2D eigenvalue weighted by atomic mass is 9.94. The van der Waals surface area contributed by atoms with Gasteiger partial charge in [0.05, 0.1) is 60.2 Å². The number of likely N-dealkylation sites (N-methyl/N-ethyl adjacent to an activating group) is 2. The lowest BCUT2D eigenvalue weighted by Crippen LogP contribution is -2.47.